The van der Waals surface area contributed by atoms with Gasteiger partial charge in [0.1, 0.15) is 11.5 Å². The molecule has 0 atom stereocenters. The molecule has 0 radical (unpaired) electrons. The van der Waals surface area contributed by atoms with Crippen molar-refractivity contribution < 1.29 is 24.2 Å². The van der Waals surface area contributed by atoms with Gasteiger partial charge < -0.3 is 24.8 Å². The van der Waals surface area contributed by atoms with Crippen LogP contribution in [0.15, 0.2) is 24.3 Å². The van der Waals surface area contributed by atoms with Gasteiger partial charge in [-0.2, -0.15) is 0 Å². The lowest BCUT2D eigenvalue weighted by Gasteiger charge is -2.30. The molecule has 0 saturated carbocycles. The van der Waals surface area contributed by atoms with Gasteiger partial charge in [0.15, 0.2) is 6.73 Å². The number of carboxylic acids is 1. The van der Waals surface area contributed by atoms with Crippen molar-refractivity contribution in [2.24, 2.45) is 5.92 Å². The summed E-state index contributed by atoms with van der Waals surface area (Å²) in [7, 11) is 0. The number of benzene rings is 1. The number of nitrogens with one attached hydrogen (secondary N) is 1. The van der Waals surface area contributed by atoms with Crippen LogP contribution < -0.4 is 14.8 Å². The van der Waals surface area contributed by atoms with Crippen LogP contribution in [0, 0.1) is 5.92 Å². The summed E-state index contributed by atoms with van der Waals surface area (Å²) in [5, 5.41) is 11.6. The maximum absolute atomic E-state index is 12.0. The van der Waals surface area contributed by atoms with Crippen LogP contribution in [0.2, 0.25) is 0 Å². The third kappa shape index (κ3) is 5.05. The normalized spacial score (nSPS) is 15.1. The van der Waals surface area contributed by atoms with Crippen molar-refractivity contribution in [1.29, 1.82) is 0 Å². The molecular weight excluding hydrogens is 300 g/mol. The molecule has 126 valence electrons. The van der Waals surface area contributed by atoms with Crippen LogP contribution in [0.3, 0.4) is 0 Å². The van der Waals surface area contributed by atoms with E-state index in [4.69, 9.17) is 14.6 Å². The number of nitrogens with zero attached hydrogens (tertiary/aromatic N) is 1. The number of carbonyl (C=O) groups is 2. The first kappa shape index (κ1) is 16.9. The number of urea groups is 1. The van der Waals surface area contributed by atoms with Gasteiger partial charge in [0, 0.05) is 13.1 Å². The fraction of sp³-hybridized carbons (Fsp3) is 0.500. The molecule has 23 heavy (non-hydrogen) atoms. The smallest absolute Gasteiger partial charge is 0.320 e. The summed E-state index contributed by atoms with van der Waals surface area (Å²) < 4.78 is 10.8. The summed E-state index contributed by atoms with van der Waals surface area (Å²) in [5.74, 6) is 0.270. The van der Waals surface area contributed by atoms with Crippen LogP contribution in [0.1, 0.15) is 19.8 Å². The van der Waals surface area contributed by atoms with Crippen LogP contribution in [0.4, 0.5) is 4.79 Å². The number of aliphatic carboxylic acids is 1. The quantitative estimate of drug-likeness (QED) is 0.781. The molecule has 0 spiro atoms. The molecule has 0 bridgehead atoms. The fourth-order valence-electron chi connectivity index (χ4n) is 2.42. The number of hydrogen-bond donors (Lipinski definition) is 2. The SMILES string of the molecule is CCOc1ccc(OCNC(=O)N2CCC(C(=O)O)CC2)cc1. The van der Waals surface area contributed by atoms with E-state index < -0.39 is 5.97 Å². The highest BCUT2D eigenvalue weighted by Gasteiger charge is 2.26. The molecule has 1 heterocycles. The van der Waals surface area contributed by atoms with Gasteiger partial charge in [0.2, 0.25) is 0 Å². The first-order valence-corrected chi connectivity index (χ1v) is 7.71. The maximum atomic E-state index is 12.0. The number of carbonyl (C=O) groups excluding carboxylic acids is 1. The molecule has 2 amide bonds. The van der Waals surface area contributed by atoms with Crippen LogP contribution >= 0.6 is 0 Å². The summed E-state index contributed by atoms with van der Waals surface area (Å²) in [4.78, 5) is 24.5. The second-order valence-electron chi connectivity index (χ2n) is 5.27. The number of hydrogen-bond acceptors (Lipinski definition) is 4. The highest BCUT2D eigenvalue weighted by molar-refractivity contribution is 5.75. The molecule has 1 aromatic carbocycles. The lowest BCUT2D eigenvalue weighted by molar-refractivity contribution is -0.143. The summed E-state index contributed by atoms with van der Waals surface area (Å²) in [5.41, 5.74) is 0. The minimum Gasteiger partial charge on any atom is -0.494 e. The molecule has 2 N–H and O–H groups in total. The second-order valence-corrected chi connectivity index (χ2v) is 5.27. The average Bonchev–Trinajstić information content (AvgIpc) is 2.56. The zero-order valence-corrected chi connectivity index (χ0v) is 13.2. The Morgan fingerprint density at radius 1 is 1.17 bits per heavy atom. The Morgan fingerprint density at radius 2 is 1.74 bits per heavy atom. The Labute approximate surface area is 135 Å². The lowest BCUT2D eigenvalue weighted by atomic mass is 9.97. The van der Waals surface area contributed by atoms with Gasteiger partial charge >= 0.3 is 12.0 Å². The van der Waals surface area contributed by atoms with E-state index in [1.54, 1.807) is 29.2 Å². The van der Waals surface area contributed by atoms with Crippen molar-refractivity contribution in [2.75, 3.05) is 26.4 Å². The molecule has 7 nitrogen and oxygen atoms in total. The molecule has 2 rings (SSSR count). The number of rotatable bonds is 6. The predicted octanol–water partition coefficient (Wildman–Crippen LogP) is 1.93. The van der Waals surface area contributed by atoms with E-state index in [2.05, 4.69) is 5.32 Å². The number of amides is 2. The van der Waals surface area contributed by atoms with Crippen molar-refractivity contribution in [2.45, 2.75) is 19.8 Å². The largest absolute Gasteiger partial charge is 0.494 e. The van der Waals surface area contributed by atoms with E-state index >= 15 is 0 Å². The third-order valence-electron chi connectivity index (χ3n) is 3.73. The molecule has 0 unspecified atom stereocenters. The Morgan fingerprint density at radius 3 is 2.26 bits per heavy atom. The molecule has 1 aliphatic heterocycles. The van der Waals surface area contributed by atoms with Crippen LogP contribution in [0.5, 0.6) is 11.5 Å². The Kier molecular flexibility index (Phi) is 6.08. The number of piperidine rings is 1. The van der Waals surface area contributed by atoms with Crippen molar-refractivity contribution >= 4 is 12.0 Å². The fourth-order valence-corrected chi connectivity index (χ4v) is 2.42. The monoisotopic (exact) mass is 322 g/mol. The molecule has 0 aromatic heterocycles. The topological polar surface area (TPSA) is 88.1 Å². The van der Waals surface area contributed by atoms with Crippen LogP contribution in [0.25, 0.3) is 0 Å². The van der Waals surface area contributed by atoms with Crippen molar-refractivity contribution in [3.8, 4) is 11.5 Å². The Balaban J connectivity index is 1.69. The van der Waals surface area contributed by atoms with Gasteiger partial charge in [-0.25, -0.2) is 4.79 Å². The van der Waals surface area contributed by atoms with E-state index in [0.29, 0.717) is 38.3 Å². The number of ether oxygens (including phenoxy) is 2. The highest BCUT2D eigenvalue weighted by atomic mass is 16.5. The third-order valence-corrected chi connectivity index (χ3v) is 3.73. The minimum absolute atomic E-state index is 0.0612. The van der Waals surface area contributed by atoms with E-state index in [9.17, 15) is 9.59 Å². The van der Waals surface area contributed by atoms with Gasteiger partial charge in [-0.1, -0.05) is 0 Å². The Hall–Kier alpha value is -2.44. The molecule has 0 aliphatic carbocycles. The molecule has 1 aliphatic rings. The summed E-state index contributed by atoms with van der Waals surface area (Å²) in [6, 6.07) is 6.92. The first-order valence-electron chi connectivity index (χ1n) is 7.71. The number of likely N-dealkylation sites (tertiary alicyclic amines) is 1. The predicted molar refractivity (Wildman–Crippen MR) is 83.6 cm³/mol. The average molecular weight is 322 g/mol. The zero-order chi connectivity index (χ0) is 16.7. The van der Waals surface area contributed by atoms with Gasteiger partial charge in [-0.15, -0.1) is 0 Å². The van der Waals surface area contributed by atoms with Crippen molar-refractivity contribution in [1.82, 2.24) is 10.2 Å². The molecular formula is C16H22N2O5. The van der Waals surface area contributed by atoms with E-state index in [1.165, 1.54) is 0 Å². The number of carboxylic acid groups (broad SMARTS) is 1. The first-order chi connectivity index (χ1) is 11.1. The van der Waals surface area contributed by atoms with Gasteiger partial charge in [-0.3, -0.25) is 4.79 Å². The van der Waals surface area contributed by atoms with Gasteiger partial charge in [0.25, 0.3) is 0 Å². The van der Waals surface area contributed by atoms with E-state index in [1.807, 2.05) is 6.92 Å². The van der Waals surface area contributed by atoms with Crippen molar-refractivity contribution in [3.05, 3.63) is 24.3 Å². The molecule has 7 heteroatoms. The van der Waals surface area contributed by atoms with Crippen LogP contribution in [-0.4, -0.2) is 48.4 Å². The standard InChI is InChI=1S/C16H22N2O5/c1-2-22-13-3-5-14(6-4-13)23-11-17-16(21)18-9-7-12(8-10-18)15(19)20/h3-6,12H,2,7-11H2,1H3,(H,17,21)(H,19,20). The molecule has 1 saturated heterocycles. The minimum atomic E-state index is -0.788. The molecule has 1 aromatic rings. The molecule has 1 fully saturated rings. The maximum Gasteiger partial charge on any atom is 0.320 e. The van der Waals surface area contributed by atoms with Gasteiger partial charge in [-0.05, 0) is 44.0 Å². The Bertz CT molecular complexity index is 524. The second kappa shape index (κ2) is 8.26. The van der Waals surface area contributed by atoms with E-state index in [0.717, 1.165) is 5.75 Å². The summed E-state index contributed by atoms with van der Waals surface area (Å²) in [6.07, 6.45) is 0.977. The zero-order valence-electron chi connectivity index (χ0n) is 13.2. The lowest BCUT2D eigenvalue weighted by Crippen LogP contribution is -2.46. The van der Waals surface area contributed by atoms with Crippen molar-refractivity contribution in [3.63, 3.8) is 0 Å². The van der Waals surface area contributed by atoms with E-state index in [-0.39, 0.29) is 18.7 Å². The van der Waals surface area contributed by atoms with Crippen LogP contribution in [-0.2, 0) is 4.79 Å². The summed E-state index contributed by atoms with van der Waals surface area (Å²) in [6.45, 7) is 3.48. The van der Waals surface area contributed by atoms with Gasteiger partial charge in [0.05, 0.1) is 12.5 Å². The summed E-state index contributed by atoms with van der Waals surface area (Å²) >= 11 is 0. The highest BCUT2D eigenvalue weighted by Crippen LogP contribution is 2.18.